The van der Waals surface area contributed by atoms with E-state index < -0.39 is 6.61 Å². The fraction of sp³-hybridized carbons (Fsp3) is 0.316. The number of anilines is 1. The van der Waals surface area contributed by atoms with Crippen molar-refractivity contribution < 1.29 is 18.3 Å². The second-order valence-corrected chi connectivity index (χ2v) is 8.82. The molecule has 6 nitrogen and oxygen atoms in total. The van der Waals surface area contributed by atoms with E-state index in [1.807, 2.05) is 20.8 Å². The van der Waals surface area contributed by atoms with E-state index >= 15 is 0 Å². The molecule has 0 spiro atoms. The van der Waals surface area contributed by atoms with Gasteiger partial charge in [-0.25, -0.2) is 4.98 Å². The number of carbonyl (C=O) groups excluding carboxylic acids is 1. The van der Waals surface area contributed by atoms with Gasteiger partial charge in [0.05, 0.1) is 16.2 Å². The van der Waals surface area contributed by atoms with Crippen LogP contribution in [0.1, 0.15) is 17.4 Å². The zero-order chi connectivity index (χ0) is 22.0. The molecule has 0 saturated carbocycles. The van der Waals surface area contributed by atoms with Gasteiger partial charge in [0.15, 0.2) is 5.16 Å². The third kappa shape index (κ3) is 4.76. The van der Waals surface area contributed by atoms with Crippen molar-refractivity contribution in [3.63, 3.8) is 0 Å². The van der Waals surface area contributed by atoms with Crippen LogP contribution in [0.2, 0.25) is 5.02 Å². The van der Waals surface area contributed by atoms with Crippen molar-refractivity contribution in [3.8, 4) is 5.75 Å². The summed E-state index contributed by atoms with van der Waals surface area (Å²) in [4.78, 5) is 31.4. The number of thioether (sulfide) groups is 1. The lowest BCUT2D eigenvalue weighted by Crippen LogP contribution is -2.23. The van der Waals surface area contributed by atoms with Gasteiger partial charge in [0.2, 0.25) is 5.91 Å². The van der Waals surface area contributed by atoms with Gasteiger partial charge in [-0.05, 0) is 44.5 Å². The molecule has 3 rings (SSSR count). The van der Waals surface area contributed by atoms with Gasteiger partial charge >= 0.3 is 6.61 Å². The van der Waals surface area contributed by atoms with E-state index in [4.69, 9.17) is 11.6 Å². The summed E-state index contributed by atoms with van der Waals surface area (Å²) in [7, 11) is 0. The predicted molar refractivity (Wildman–Crippen MR) is 116 cm³/mol. The summed E-state index contributed by atoms with van der Waals surface area (Å²) >= 11 is 8.50. The molecule has 1 aromatic carbocycles. The normalized spacial score (nSPS) is 11.3. The molecule has 0 aliphatic rings. The maximum Gasteiger partial charge on any atom is 0.387 e. The van der Waals surface area contributed by atoms with Gasteiger partial charge in [-0.3, -0.25) is 14.2 Å². The average Bonchev–Trinajstić information content (AvgIpc) is 2.96. The zero-order valence-corrected chi connectivity index (χ0v) is 18.7. The number of nitrogens with one attached hydrogen (secondary N) is 1. The van der Waals surface area contributed by atoms with Crippen molar-refractivity contribution in [3.05, 3.63) is 44.0 Å². The van der Waals surface area contributed by atoms with Crippen LogP contribution in [0, 0.1) is 13.8 Å². The van der Waals surface area contributed by atoms with Gasteiger partial charge in [-0.15, -0.1) is 11.3 Å². The molecule has 0 atom stereocenters. The molecule has 1 amide bonds. The van der Waals surface area contributed by atoms with E-state index in [9.17, 15) is 18.4 Å². The number of hydrogen-bond acceptors (Lipinski definition) is 6. The minimum atomic E-state index is -2.99. The lowest BCUT2D eigenvalue weighted by molar-refractivity contribution is -0.113. The van der Waals surface area contributed by atoms with Crippen LogP contribution < -0.4 is 15.6 Å². The van der Waals surface area contributed by atoms with Gasteiger partial charge in [0.1, 0.15) is 10.6 Å². The molecule has 1 N–H and O–H groups in total. The molecule has 30 heavy (non-hydrogen) atoms. The van der Waals surface area contributed by atoms with Crippen molar-refractivity contribution in [2.75, 3.05) is 11.1 Å². The summed E-state index contributed by atoms with van der Waals surface area (Å²) in [5.41, 5.74) is 1.15. The topological polar surface area (TPSA) is 73.2 Å². The number of hydrogen-bond donors (Lipinski definition) is 1. The first kappa shape index (κ1) is 22.5. The fourth-order valence-corrected chi connectivity index (χ4v) is 4.95. The van der Waals surface area contributed by atoms with Gasteiger partial charge in [-0.1, -0.05) is 23.4 Å². The van der Waals surface area contributed by atoms with Crippen molar-refractivity contribution in [2.24, 2.45) is 0 Å². The Labute approximate surface area is 184 Å². The highest BCUT2D eigenvalue weighted by molar-refractivity contribution is 7.99. The molecular weight excluding hydrogens is 456 g/mol. The first-order chi connectivity index (χ1) is 14.2. The third-order valence-electron chi connectivity index (χ3n) is 4.33. The highest BCUT2D eigenvalue weighted by Crippen LogP contribution is 2.30. The average molecular weight is 474 g/mol. The van der Waals surface area contributed by atoms with Crippen LogP contribution in [0.15, 0.2) is 28.2 Å². The van der Waals surface area contributed by atoms with E-state index in [1.54, 1.807) is 4.57 Å². The standard InChI is InChI=1S/C19H18ClF2N3O3S2/c1-4-25-17(27)15-9(2)10(3)30-16(15)24-19(25)29-8-14(26)23-11-5-6-13(12(20)7-11)28-18(21)22/h5-7,18H,4,8H2,1-3H3,(H,23,26). The maximum atomic E-state index is 12.8. The van der Waals surface area contributed by atoms with Crippen LogP contribution in [0.3, 0.4) is 0 Å². The summed E-state index contributed by atoms with van der Waals surface area (Å²) < 4.78 is 30.4. The summed E-state index contributed by atoms with van der Waals surface area (Å²) in [5.74, 6) is -0.520. The molecule has 3 aromatic rings. The van der Waals surface area contributed by atoms with Crippen molar-refractivity contribution in [1.29, 1.82) is 0 Å². The van der Waals surface area contributed by atoms with Crippen LogP contribution in [-0.2, 0) is 11.3 Å². The monoisotopic (exact) mass is 473 g/mol. The Morgan fingerprint density at radius 1 is 1.40 bits per heavy atom. The number of thiophene rings is 1. The number of aromatic nitrogens is 2. The number of alkyl halides is 2. The van der Waals surface area contributed by atoms with Crippen LogP contribution >= 0.6 is 34.7 Å². The molecule has 0 aliphatic heterocycles. The van der Waals surface area contributed by atoms with E-state index in [-0.39, 0.29) is 28.0 Å². The Kier molecular flexibility index (Phi) is 6.99. The van der Waals surface area contributed by atoms with Crippen molar-refractivity contribution in [1.82, 2.24) is 9.55 Å². The quantitative estimate of drug-likeness (QED) is 0.382. The lowest BCUT2D eigenvalue weighted by atomic mass is 10.2. The molecule has 2 heterocycles. The van der Waals surface area contributed by atoms with E-state index in [2.05, 4.69) is 15.0 Å². The molecule has 11 heteroatoms. The Morgan fingerprint density at radius 3 is 2.77 bits per heavy atom. The van der Waals surface area contributed by atoms with Crippen LogP contribution in [0.25, 0.3) is 10.2 Å². The largest absolute Gasteiger partial charge is 0.433 e. The summed E-state index contributed by atoms with van der Waals surface area (Å²) in [6.45, 7) is 3.14. The van der Waals surface area contributed by atoms with E-state index in [1.165, 1.54) is 29.5 Å². The van der Waals surface area contributed by atoms with E-state index in [0.717, 1.165) is 22.2 Å². The summed E-state index contributed by atoms with van der Waals surface area (Å²) in [6.07, 6.45) is 0. The van der Waals surface area contributed by atoms with Crippen LogP contribution in [-0.4, -0.2) is 27.8 Å². The molecule has 160 valence electrons. The highest BCUT2D eigenvalue weighted by atomic mass is 35.5. The number of halogens is 3. The Balaban J connectivity index is 1.74. The minimum Gasteiger partial charge on any atom is -0.433 e. The number of benzene rings is 1. The molecule has 0 saturated heterocycles. The number of aryl methyl sites for hydroxylation is 2. The van der Waals surface area contributed by atoms with Crippen LogP contribution in [0.4, 0.5) is 14.5 Å². The van der Waals surface area contributed by atoms with Crippen molar-refractivity contribution >= 4 is 56.5 Å². The number of carbonyl (C=O) groups is 1. The number of amides is 1. The SMILES string of the molecule is CCn1c(SCC(=O)Nc2ccc(OC(F)F)c(Cl)c2)nc2sc(C)c(C)c2c1=O. The number of rotatable bonds is 7. The first-order valence-electron chi connectivity index (χ1n) is 8.88. The first-order valence-corrected chi connectivity index (χ1v) is 11.1. The van der Waals surface area contributed by atoms with Crippen LogP contribution in [0.5, 0.6) is 5.75 Å². The van der Waals surface area contributed by atoms with Gasteiger partial charge < -0.3 is 10.1 Å². The molecular formula is C19H18ClF2N3O3S2. The number of ether oxygens (including phenoxy) is 1. The van der Waals surface area contributed by atoms with Gasteiger partial charge in [0.25, 0.3) is 5.56 Å². The second kappa shape index (κ2) is 9.32. The Hall–Kier alpha value is -2.17. The Morgan fingerprint density at radius 2 is 2.13 bits per heavy atom. The minimum absolute atomic E-state index is 0.00813. The van der Waals surface area contributed by atoms with E-state index in [0.29, 0.717) is 27.6 Å². The number of nitrogens with zero attached hydrogens (tertiary/aromatic N) is 2. The zero-order valence-electron chi connectivity index (χ0n) is 16.3. The predicted octanol–water partition coefficient (Wildman–Crippen LogP) is 5.08. The number of fused-ring (bicyclic) bond motifs is 1. The lowest BCUT2D eigenvalue weighted by Gasteiger charge is -2.11. The fourth-order valence-electron chi connectivity index (χ4n) is 2.80. The molecule has 0 radical (unpaired) electrons. The smallest absolute Gasteiger partial charge is 0.387 e. The van der Waals surface area contributed by atoms with Gasteiger partial charge in [0, 0.05) is 17.1 Å². The molecule has 0 unspecified atom stereocenters. The highest BCUT2D eigenvalue weighted by Gasteiger charge is 2.17. The molecule has 2 aromatic heterocycles. The molecule has 0 bridgehead atoms. The summed E-state index contributed by atoms with van der Waals surface area (Å²) in [6, 6.07) is 3.99. The Bertz CT molecular complexity index is 1160. The summed E-state index contributed by atoms with van der Waals surface area (Å²) in [5, 5.41) is 3.67. The second-order valence-electron chi connectivity index (χ2n) is 6.27. The molecule has 0 aliphatic carbocycles. The molecule has 0 fully saturated rings. The maximum absolute atomic E-state index is 12.8. The van der Waals surface area contributed by atoms with Gasteiger partial charge in [-0.2, -0.15) is 8.78 Å². The van der Waals surface area contributed by atoms with Crippen molar-refractivity contribution in [2.45, 2.75) is 39.1 Å². The third-order valence-corrected chi connectivity index (χ3v) is 6.71.